The summed E-state index contributed by atoms with van der Waals surface area (Å²) in [7, 11) is 0. The second-order valence-corrected chi connectivity index (χ2v) is 4.27. The maximum atomic E-state index is 10.5. The highest BCUT2D eigenvalue weighted by atomic mass is 16.5. The van der Waals surface area contributed by atoms with Crippen LogP contribution in [0.15, 0.2) is 0 Å². The number of nitrogens with one attached hydrogen (secondary N) is 1. The van der Waals surface area contributed by atoms with Gasteiger partial charge >= 0.3 is 6.09 Å². The molecule has 0 aromatic rings. The Bertz CT molecular complexity index is 229. The third kappa shape index (κ3) is 2.82. The summed E-state index contributed by atoms with van der Waals surface area (Å²) in [6.07, 6.45) is 2.19. The van der Waals surface area contributed by atoms with E-state index in [0.717, 1.165) is 45.6 Å². The smallest absolute Gasteiger partial charge is 0.404 e. The van der Waals surface area contributed by atoms with Gasteiger partial charge < -0.3 is 15.2 Å². The molecule has 86 valence electrons. The average Bonchev–Trinajstić information content (AvgIpc) is 2.67. The van der Waals surface area contributed by atoms with Crippen molar-refractivity contribution in [3.63, 3.8) is 0 Å². The molecule has 2 aliphatic rings. The first-order chi connectivity index (χ1) is 7.25. The van der Waals surface area contributed by atoms with Crippen LogP contribution >= 0.6 is 0 Å². The van der Waals surface area contributed by atoms with E-state index in [0.29, 0.717) is 6.04 Å². The van der Waals surface area contributed by atoms with Crippen LogP contribution < -0.4 is 5.32 Å². The summed E-state index contributed by atoms with van der Waals surface area (Å²) in [5.74, 6) is 0. The van der Waals surface area contributed by atoms with E-state index in [1.807, 2.05) is 0 Å². The van der Waals surface area contributed by atoms with Crippen LogP contribution in [-0.2, 0) is 4.74 Å². The molecule has 0 saturated carbocycles. The van der Waals surface area contributed by atoms with E-state index in [1.165, 1.54) is 0 Å². The Morgan fingerprint density at radius 1 is 1.33 bits per heavy atom. The van der Waals surface area contributed by atoms with Crippen molar-refractivity contribution in [3.8, 4) is 0 Å². The molecule has 0 spiro atoms. The standard InChI is InChI=1S/C10H18N2O3/c13-10(14)11-8-1-4-12(7-8)9-2-5-15-6-3-9/h8-9,11H,1-7H2,(H,13,14)/t8-/m0/s1. The summed E-state index contributed by atoms with van der Waals surface area (Å²) in [5, 5.41) is 11.2. The highest BCUT2D eigenvalue weighted by molar-refractivity contribution is 5.64. The highest BCUT2D eigenvalue weighted by Crippen LogP contribution is 2.19. The molecule has 2 N–H and O–H groups in total. The number of hydrogen-bond acceptors (Lipinski definition) is 3. The molecule has 0 aliphatic carbocycles. The number of ether oxygens (including phenoxy) is 1. The van der Waals surface area contributed by atoms with Crippen molar-refractivity contribution in [2.45, 2.75) is 31.3 Å². The van der Waals surface area contributed by atoms with Crippen LogP contribution in [0.25, 0.3) is 0 Å². The fourth-order valence-corrected chi connectivity index (χ4v) is 2.46. The van der Waals surface area contributed by atoms with Gasteiger partial charge in [0.15, 0.2) is 0 Å². The van der Waals surface area contributed by atoms with Crippen LogP contribution in [0.4, 0.5) is 4.79 Å². The van der Waals surface area contributed by atoms with Gasteiger partial charge in [-0.15, -0.1) is 0 Å². The lowest BCUT2D eigenvalue weighted by molar-refractivity contribution is 0.0416. The van der Waals surface area contributed by atoms with Crippen molar-refractivity contribution in [1.82, 2.24) is 10.2 Å². The molecule has 2 fully saturated rings. The van der Waals surface area contributed by atoms with Gasteiger partial charge in [0.1, 0.15) is 0 Å². The summed E-state index contributed by atoms with van der Waals surface area (Å²) in [6, 6.07) is 0.713. The molecule has 0 radical (unpaired) electrons. The van der Waals surface area contributed by atoms with Crippen molar-refractivity contribution in [2.75, 3.05) is 26.3 Å². The summed E-state index contributed by atoms with van der Waals surface area (Å²) < 4.78 is 5.31. The zero-order valence-corrected chi connectivity index (χ0v) is 8.82. The van der Waals surface area contributed by atoms with Gasteiger partial charge in [-0.2, -0.15) is 0 Å². The van der Waals surface area contributed by atoms with E-state index in [9.17, 15) is 4.79 Å². The quantitative estimate of drug-likeness (QED) is 0.703. The van der Waals surface area contributed by atoms with Gasteiger partial charge in [0.25, 0.3) is 0 Å². The Hall–Kier alpha value is -0.810. The van der Waals surface area contributed by atoms with Crippen molar-refractivity contribution in [1.29, 1.82) is 0 Å². The largest absolute Gasteiger partial charge is 0.465 e. The third-order valence-electron chi connectivity index (χ3n) is 3.25. The van der Waals surface area contributed by atoms with E-state index in [4.69, 9.17) is 9.84 Å². The molecule has 2 saturated heterocycles. The summed E-state index contributed by atoms with van der Waals surface area (Å²) in [6.45, 7) is 3.56. The summed E-state index contributed by atoms with van der Waals surface area (Å²) in [4.78, 5) is 12.9. The van der Waals surface area contributed by atoms with Gasteiger partial charge in [-0.25, -0.2) is 4.79 Å². The van der Waals surface area contributed by atoms with Crippen molar-refractivity contribution in [2.24, 2.45) is 0 Å². The first-order valence-electron chi connectivity index (χ1n) is 5.57. The van der Waals surface area contributed by atoms with Gasteiger partial charge in [-0.05, 0) is 19.3 Å². The first kappa shape index (κ1) is 10.7. The van der Waals surface area contributed by atoms with Gasteiger partial charge in [-0.1, -0.05) is 0 Å². The number of carboxylic acid groups (broad SMARTS) is 1. The molecule has 1 atom stereocenters. The topological polar surface area (TPSA) is 61.8 Å². The maximum Gasteiger partial charge on any atom is 0.404 e. The molecule has 2 heterocycles. The summed E-state index contributed by atoms with van der Waals surface area (Å²) in [5.41, 5.74) is 0. The first-order valence-corrected chi connectivity index (χ1v) is 5.57. The molecule has 2 aliphatic heterocycles. The zero-order valence-electron chi connectivity index (χ0n) is 8.82. The number of amides is 1. The van der Waals surface area contributed by atoms with Crippen molar-refractivity contribution < 1.29 is 14.6 Å². The van der Waals surface area contributed by atoms with Crippen LogP contribution in [-0.4, -0.2) is 54.5 Å². The Kier molecular flexibility index (Phi) is 3.43. The van der Waals surface area contributed by atoms with Crippen LogP contribution in [0.3, 0.4) is 0 Å². The second-order valence-electron chi connectivity index (χ2n) is 4.27. The predicted octanol–water partition coefficient (Wildman–Crippen LogP) is 0.507. The average molecular weight is 214 g/mol. The number of rotatable bonds is 2. The minimum atomic E-state index is -0.908. The molecular formula is C10H18N2O3. The minimum Gasteiger partial charge on any atom is -0.465 e. The van der Waals surface area contributed by atoms with Gasteiger partial charge in [0, 0.05) is 38.4 Å². The molecule has 15 heavy (non-hydrogen) atoms. The van der Waals surface area contributed by atoms with Gasteiger partial charge in [0.05, 0.1) is 0 Å². The van der Waals surface area contributed by atoms with E-state index >= 15 is 0 Å². The fourth-order valence-electron chi connectivity index (χ4n) is 2.46. The molecule has 1 amide bonds. The number of hydrogen-bond donors (Lipinski definition) is 2. The second kappa shape index (κ2) is 4.81. The molecule has 2 rings (SSSR count). The lowest BCUT2D eigenvalue weighted by Gasteiger charge is -2.30. The maximum absolute atomic E-state index is 10.5. The zero-order chi connectivity index (χ0) is 10.7. The molecule has 5 heteroatoms. The Morgan fingerprint density at radius 3 is 2.73 bits per heavy atom. The van der Waals surface area contributed by atoms with E-state index in [2.05, 4.69) is 10.2 Å². The molecule has 5 nitrogen and oxygen atoms in total. The van der Waals surface area contributed by atoms with Crippen LogP contribution in [0, 0.1) is 0 Å². The molecule has 0 aromatic heterocycles. The van der Waals surface area contributed by atoms with Crippen LogP contribution in [0.2, 0.25) is 0 Å². The SMILES string of the molecule is O=C(O)N[C@H]1CCN(C2CCOCC2)C1. The van der Waals surface area contributed by atoms with Crippen LogP contribution in [0.1, 0.15) is 19.3 Å². The lowest BCUT2D eigenvalue weighted by atomic mass is 10.1. The minimum absolute atomic E-state index is 0.116. The normalized spacial score (nSPS) is 29.2. The van der Waals surface area contributed by atoms with E-state index < -0.39 is 6.09 Å². The molecular weight excluding hydrogens is 196 g/mol. The van der Waals surface area contributed by atoms with Crippen molar-refractivity contribution >= 4 is 6.09 Å². The Morgan fingerprint density at radius 2 is 2.07 bits per heavy atom. The molecule has 0 bridgehead atoms. The van der Waals surface area contributed by atoms with E-state index in [-0.39, 0.29) is 6.04 Å². The van der Waals surface area contributed by atoms with Gasteiger partial charge in [-0.3, -0.25) is 4.90 Å². The molecule has 0 aromatic carbocycles. The lowest BCUT2D eigenvalue weighted by Crippen LogP contribution is -2.41. The molecule has 0 unspecified atom stereocenters. The third-order valence-corrected chi connectivity index (χ3v) is 3.25. The highest BCUT2D eigenvalue weighted by Gasteiger charge is 2.29. The number of likely N-dealkylation sites (tertiary alicyclic amines) is 1. The Labute approximate surface area is 89.4 Å². The van der Waals surface area contributed by atoms with Crippen LogP contribution in [0.5, 0.6) is 0 Å². The fraction of sp³-hybridized carbons (Fsp3) is 0.900. The summed E-state index contributed by atoms with van der Waals surface area (Å²) >= 11 is 0. The monoisotopic (exact) mass is 214 g/mol. The Balaban J connectivity index is 1.78. The van der Waals surface area contributed by atoms with E-state index in [1.54, 1.807) is 0 Å². The number of carbonyl (C=O) groups is 1. The van der Waals surface area contributed by atoms with Crippen molar-refractivity contribution in [3.05, 3.63) is 0 Å². The predicted molar refractivity (Wildman–Crippen MR) is 55.0 cm³/mol. The number of nitrogens with zero attached hydrogens (tertiary/aromatic N) is 1. The van der Waals surface area contributed by atoms with Gasteiger partial charge in [0.2, 0.25) is 0 Å².